The molecular formula is C56H100O6. The first-order valence-electron chi connectivity index (χ1n) is 26.6. The zero-order chi connectivity index (χ0) is 45.1. The van der Waals surface area contributed by atoms with Crippen molar-refractivity contribution in [2.24, 2.45) is 0 Å². The third-order valence-electron chi connectivity index (χ3n) is 11.5. The van der Waals surface area contributed by atoms with E-state index in [1.54, 1.807) is 0 Å². The van der Waals surface area contributed by atoms with Gasteiger partial charge >= 0.3 is 17.9 Å². The summed E-state index contributed by atoms with van der Waals surface area (Å²) in [5.74, 6) is -0.900. The van der Waals surface area contributed by atoms with E-state index < -0.39 is 6.10 Å². The van der Waals surface area contributed by atoms with Gasteiger partial charge in [-0.05, 0) is 103 Å². The number of ether oxygens (including phenoxy) is 3. The van der Waals surface area contributed by atoms with Gasteiger partial charge in [-0.1, -0.05) is 198 Å². The molecule has 0 aromatic carbocycles. The molecule has 0 fully saturated rings. The van der Waals surface area contributed by atoms with Crippen LogP contribution in [-0.4, -0.2) is 37.2 Å². The lowest BCUT2D eigenvalue weighted by Gasteiger charge is -2.18. The average molecular weight is 869 g/mol. The molecule has 0 aliphatic rings. The van der Waals surface area contributed by atoms with Crippen LogP contribution in [-0.2, 0) is 28.6 Å². The second-order valence-corrected chi connectivity index (χ2v) is 17.8. The van der Waals surface area contributed by atoms with Gasteiger partial charge in [-0.25, -0.2) is 0 Å². The molecule has 0 bridgehead atoms. The van der Waals surface area contributed by atoms with Gasteiger partial charge in [0.1, 0.15) is 13.2 Å². The molecule has 0 aliphatic carbocycles. The predicted molar refractivity (Wildman–Crippen MR) is 265 cm³/mol. The van der Waals surface area contributed by atoms with Crippen molar-refractivity contribution in [1.82, 2.24) is 0 Å². The number of allylic oxidation sites excluding steroid dienone is 8. The molecule has 0 heterocycles. The lowest BCUT2D eigenvalue weighted by atomic mass is 10.1. The zero-order valence-corrected chi connectivity index (χ0v) is 41.1. The first-order valence-corrected chi connectivity index (χ1v) is 26.6. The maximum atomic E-state index is 12.8. The fraction of sp³-hybridized carbons (Fsp3) is 0.804. The van der Waals surface area contributed by atoms with Gasteiger partial charge in [0, 0.05) is 19.3 Å². The minimum absolute atomic E-state index is 0.0824. The molecule has 0 aromatic heterocycles. The highest BCUT2D eigenvalue weighted by molar-refractivity contribution is 5.71. The van der Waals surface area contributed by atoms with E-state index in [-0.39, 0.29) is 31.1 Å². The molecule has 0 aromatic rings. The number of unbranched alkanes of at least 4 members (excludes halogenated alkanes) is 29. The van der Waals surface area contributed by atoms with Crippen molar-refractivity contribution in [3.63, 3.8) is 0 Å². The maximum Gasteiger partial charge on any atom is 0.306 e. The molecule has 0 saturated carbocycles. The fourth-order valence-electron chi connectivity index (χ4n) is 7.46. The summed E-state index contributed by atoms with van der Waals surface area (Å²) in [5.41, 5.74) is 0. The van der Waals surface area contributed by atoms with Gasteiger partial charge in [-0.15, -0.1) is 0 Å². The van der Waals surface area contributed by atoms with E-state index in [2.05, 4.69) is 69.4 Å². The molecule has 6 nitrogen and oxygen atoms in total. The Morgan fingerprint density at radius 3 is 0.935 bits per heavy atom. The van der Waals surface area contributed by atoms with Crippen molar-refractivity contribution < 1.29 is 28.6 Å². The molecule has 0 saturated heterocycles. The van der Waals surface area contributed by atoms with E-state index in [1.165, 1.54) is 141 Å². The molecule has 62 heavy (non-hydrogen) atoms. The second-order valence-electron chi connectivity index (χ2n) is 17.8. The number of esters is 3. The molecule has 0 spiro atoms. The smallest absolute Gasteiger partial charge is 0.306 e. The summed E-state index contributed by atoms with van der Waals surface area (Å²) < 4.78 is 16.8. The maximum absolute atomic E-state index is 12.8. The number of hydrogen-bond donors (Lipinski definition) is 0. The first kappa shape index (κ1) is 59.4. The van der Waals surface area contributed by atoms with Crippen LogP contribution in [0.25, 0.3) is 0 Å². The average Bonchev–Trinajstić information content (AvgIpc) is 3.27. The van der Waals surface area contributed by atoms with Gasteiger partial charge in [0.15, 0.2) is 6.10 Å². The number of carbonyl (C=O) groups excluding carboxylic acids is 3. The SMILES string of the molecule is CCCCC/C=C\C/C=C\CCCCCCCCCC(=O)OCC(COC(=O)CCCCCCC/C=C\CCCCC)OC(=O)CCCCCCC/C=C\CCCCCCCC. The van der Waals surface area contributed by atoms with Crippen molar-refractivity contribution in [1.29, 1.82) is 0 Å². The van der Waals surface area contributed by atoms with Crippen molar-refractivity contribution in [2.75, 3.05) is 13.2 Å². The van der Waals surface area contributed by atoms with E-state index in [0.29, 0.717) is 19.3 Å². The van der Waals surface area contributed by atoms with Crippen molar-refractivity contribution >= 4 is 17.9 Å². The van der Waals surface area contributed by atoms with Crippen LogP contribution in [0.1, 0.15) is 271 Å². The lowest BCUT2D eigenvalue weighted by molar-refractivity contribution is -0.167. The van der Waals surface area contributed by atoms with E-state index in [4.69, 9.17) is 14.2 Å². The molecule has 0 aliphatic heterocycles. The van der Waals surface area contributed by atoms with Gasteiger partial charge in [0.25, 0.3) is 0 Å². The summed E-state index contributed by atoms with van der Waals surface area (Å²) in [6.07, 6.45) is 60.9. The van der Waals surface area contributed by atoms with E-state index >= 15 is 0 Å². The summed E-state index contributed by atoms with van der Waals surface area (Å²) in [5, 5.41) is 0. The van der Waals surface area contributed by atoms with Crippen LogP contribution in [0.5, 0.6) is 0 Å². The fourth-order valence-corrected chi connectivity index (χ4v) is 7.46. The highest BCUT2D eigenvalue weighted by atomic mass is 16.6. The molecule has 0 rings (SSSR count). The van der Waals surface area contributed by atoms with Gasteiger partial charge in [-0.3, -0.25) is 14.4 Å². The summed E-state index contributed by atoms with van der Waals surface area (Å²) >= 11 is 0. The van der Waals surface area contributed by atoms with Gasteiger partial charge in [-0.2, -0.15) is 0 Å². The normalized spacial score (nSPS) is 12.4. The Hall–Kier alpha value is -2.63. The second kappa shape index (κ2) is 51.0. The molecule has 360 valence electrons. The third kappa shape index (κ3) is 48.4. The Labute approximate surface area is 384 Å². The number of rotatable bonds is 48. The highest BCUT2D eigenvalue weighted by Crippen LogP contribution is 2.14. The van der Waals surface area contributed by atoms with Gasteiger partial charge in [0.2, 0.25) is 0 Å². The van der Waals surface area contributed by atoms with Crippen molar-refractivity contribution in [3.05, 3.63) is 48.6 Å². The summed E-state index contributed by atoms with van der Waals surface area (Å²) in [7, 11) is 0. The van der Waals surface area contributed by atoms with Crippen LogP contribution in [0.2, 0.25) is 0 Å². The minimum Gasteiger partial charge on any atom is -0.462 e. The molecule has 1 atom stereocenters. The van der Waals surface area contributed by atoms with Crippen LogP contribution in [0, 0.1) is 0 Å². The number of carbonyl (C=O) groups is 3. The summed E-state index contributed by atoms with van der Waals surface area (Å²) in [6, 6.07) is 0. The predicted octanol–water partition coefficient (Wildman–Crippen LogP) is 17.5. The highest BCUT2D eigenvalue weighted by Gasteiger charge is 2.19. The Bertz CT molecular complexity index is 1090. The third-order valence-corrected chi connectivity index (χ3v) is 11.5. The van der Waals surface area contributed by atoms with Crippen LogP contribution < -0.4 is 0 Å². The molecule has 1 unspecified atom stereocenters. The Morgan fingerprint density at radius 2 is 0.581 bits per heavy atom. The van der Waals surface area contributed by atoms with Gasteiger partial charge in [0.05, 0.1) is 0 Å². The minimum atomic E-state index is -0.782. The molecule has 0 radical (unpaired) electrons. The van der Waals surface area contributed by atoms with Crippen molar-refractivity contribution in [2.45, 2.75) is 277 Å². The van der Waals surface area contributed by atoms with Crippen LogP contribution in [0.15, 0.2) is 48.6 Å². The molecular weight excluding hydrogens is 769 g/mol. The zero-order valence-electron chi connectivity index (χ0n) is 41.1. The Kier molecular flexibility index (Phi) is 48.8. The monoisotopic (exact) mass is 869 g/mol. The topological polar surface area (TPSA) is 78.9 Å². The van der Waals surface area contributed by atoms with E-state index in [9.17, 15) is 14.4 Å². The van der Waals surface area contributed by atoms with Crippen molar-refractivity contribution in [3.8, 4) is 0 Å². The van der Waals surface area contributed by atoms with E-state index in [1.807, 2.05) is 0 Å². The molecule has 6 heteroatoms. The largest absolute Gasteiger partial charge is 0.462 e. The summed E-state index contributed by atoms with van der Waals surface area (Å²) in [4.78, 5) is 38.0. The lowest BCUT2D eigenvalue weighted by Crippen LogP contribution is -2.30. The number of hydrogen-bond acceptors (Lipinski definition) is 6. The van der Waals surface area contributed by atoms with Gasteiger partial charge < -0.3 is 14.2 Å². The molecule has 0 amide bonds. The van der Waals surface area contributed by atoms with Crippen LogP contribution in [0.3, 0.4) is 0 Å². The summed E-state index contributed by atoms with van der Waals surface area (Å²) in [6.45, 7) is 6.58. The standard InChI is InChI=1S/C56H100O6/c1-4-7-10-13-16-19-22-25-27-28-30-31-34-37-40-43-46-49-55(58)61-52-53(51-60-54(57)48-45-42-39-36-33-24-21-18-15-12-9-6-3)62-56(59)50-47-44-41-38-35-32-29-26-23-20-17-14-11-8-5-2/h16,18-19,21,25-27,29,53H,4-15,17,20,22-24,28,30-52H2,1-3H3/b19-16-,21-18-,27-25-,29-26-. The van der Waals surface area contributed by atoms with Crippen LogP contribution in [0.4, 0.5) is 0 Å². The molecule has 0 N–H and O–H groups in total. The van der Waals surface area contributed by atoms with E-state index in [0.717, 1.165) is 89.9 Å². The Balaban J connectivity index is 4.38. The quantitative estimate of drug-likeness (QED) is 0.0262. The van der Waals surface area contributed by atoms with Crippen LogP contribution >= 0.6 is 0 Å². The Morgan fingerprint density at radius 1 is 0.323 bits per heavy atom. The first-order chi connectivity index (χ1) is 30.5.